The number of piperazine rings is 1. The summed E-state index contributed by atoms with van der Waals surface area (Å²) in [5.74, 6) is 0. The normalized spacial score (nSPS) is 15.1. The minimum atomic E-state index is 0.690. The highest BCUT2D eigenvalue weighted by atomic mass is 35.5. The monoisotopic (exact) mass is 409 g/mol. The van der Waals surface area contributed by atoms with E-state index in [0.29, 0.717) is 5.02 Å². The Morgan fingerprint density at radius 3 is 2.55 bits per heavy atom. The molecule has 0 saturated carbocycles. The number of rotatable bonds is 6. The quantitative estimate of drug-likeness (QED) is 0.665. The Kier molecular flexibility index (Phi) is 5.79. The van der Waals surface area contributed by atoms with Crippen LogP contribution in [0.25, 0.3) is 11.3 Å². The molecule has 0 atom stereocenters. The number of halogens is 1. The van der Waals surface area contributed by atoms with Gasteiger partial charge in [-0.3, -0.25) is 4.40 Å². The van der Waals surface area contributed by atoms with Crippen LogP contribution in [-0.4, -0.2) is 47.5 Å². The number of benzene rings is 1. The van der Waals surface area contributed by atoms with Crippen molar-refractivity contribution < 1.29 is 0 Å². The highest BCUT2D eigenvalue weighted by Gasteiger charge is 2.15. The predicted octanol–water partition coefficient (Wildman–Crippen LogP) is 4.06. The molecule has 1 aromatic carbocycles. The summed E-state index contributed by atoms with van der Waals surface area (Å²) in [4.78, 5) is 9.53. The molecule has 0 spiro atoms. The number of nitrogens with zero attached hydrogens (tertiary/aromatic N) is 4. The maximum Gasteiger partial charge on any atom is 0.139 e. The van der Waals surface area contributed by atoms with Gasteiger partial charge >= 0.3 is 0 Å². The van der Waals surface area contributed by atoms with Crippen LogP contribution in [0.4, 0.5) is 5.69 Å². The van der Waals surface area contributed by atoms with Crippen molar-refractivity contribution in [2.75, 3.05) is 38.1 Å². The van der Waals surface area contributed by atoms with E-state index in [9.17, 15) is 0 Å². The van der Waals surface area contributed by atoms with Crippen molar-refractivity contribution in [1.82, 2.24) is 19.6 Å². The van der Waals surface area contributed by atoms with Gasteiger partial charge in [0.2, 0.25) is 0 Å². The van der Waals surface area contributed by atoms with E-state index in [1.54, 1.807) is 0 Å². The van der Waals surface area contributed by atoms with Gasteiger partial charge < -0.3 is 15.1 Å². The van der Waals surface area contributed by atoms with E-state index < -0.39 is 0 Å². The van der Waals surface area contributed by atoms with E-state index in [-0.39, 0.29) is 0 Å². The van der Waals surface area contributed by atoms with Crippen LogP contribution in [0.15, 0.2) is 49.2 Å². The van der Waals surface area contributed by atoms with Crippen LogP contribution in [0.1, 0.15) is 23.9 Å². The molecule has 0 aliphatic carbocycles. The molecule has 1 saturated heterocycles. The molecular weight excluding hydrogens is 382 g/mol. The molecule has 1 aliphatic rings. The first-order chi connectivity index (χ1) is 14.0. The lowest BCUT2D eigenvalue weighted by Gasteiger charge is -2.34. The zero-order valence-corrected chi connectivity index (χ0v) is 17.9. The molecule has 6 heteroatoms. The highest BCUT2D eigenvalue weighted by Crippen LogP contribution is 2.22. The van der Waals surface area contributed by atoms with Crippen molar-refractivity contribution in [3.8, 4) is 0 Å². The fourth-order valence-corrected chi connectivity index (χ4v) is 3.97. The van der Waals surface area contributed by atoms with Crippen LogP contribution in [0.3, 0.4) is 0 Å². The molecule has 1 N–H and O–H groups in total. The number of aryl methyl sites for hydroxylation is 1. The van der Waals surface area contributed by atoms with Gasteiger partial charge in [0.05, 0.1) is 17.1 Å². The minimum absolute atomic E-state index is 0.690. The molecule has 0 unspecified atom stereocenters. The Hall–Kier alpha value is -2.50. The Balaban J connectivity index is 1.44. The molecule has 152 valence electrons. The van der Waals surface area contributed by atoms with Gasteiger partial charge in [0.1, 0.15) is 5.65 Å². The molecule has 0 amide bonds. The number of fused-ring (bicyclic) bond motifs is 1. The summed E-state index contributed by atoms with van der Waals surface area (Å²) in [6, 6.07) is 12.6. The number of likely N-dealkylation sites (N-methyl/N-ethyl adjacent to an activating group) is 1. The second kappa shape index (κ2) is 8.47. The van der Waals surface area contributed by atoms with Crippen LogP contribution in [0, 0.1) is 0 Å². The van der Waals surface area contributed by atoms with Crippen molar-refractivity contribution in [3.63, 3.8) is 0 Å². The standard InChI is InChI=1S/C23H28ClN5/c1-4-21-23(29-10-9-19(24)15-22(29)26-21)17(2)25-16-18-5-7-20(8-6-18)28-13-11-27(3)12-14-28/h5-10,15,25H,2,4,11-14,16H2,1,3H3. The first-order valence-corrected chi connectivity index (χ1v) is 10.5. The molecule has 3 aromatic rings. The third kappa shape index (κ3) is 4.26. The van der Waals surface area contributed by atoms with E-state index in [2.05, 4.69) is 64.3 Å². The third-order valence-electron chi connectivity index (χ3n) is 5.59. The summed E-state index contributed by atoms with van der Waals surface area (Å²) in [6.45, 7) is 11.5. The van der Waals surface area contributed by atoms with Gasteiger partial charge in [0.15, 0.2) is 0 Å². The molecule has 4 rings (SSSR count). The summed E-state index contributed by atoms with van der Waals surface area (Å²) in [5.41, 5.74) is 6.30. The van der Waals surface area contributed by atoms with Crippen molar-refractivity contribution in [2.24, 2.45) is 0 Å². The molecule has 5 nitrogen and oxygen atoms in total. The number of hydrogen-bond donors (Lipinski definition) is 1. The topological polar surface area (TPSA) is 35.8 Å². The van der Waals surface area contributed by atoms with Crippen LogP contribution in [0.2, 0.25) is 5.02 Å². The van der Waals surface area contributed by atoms with Gasteiger partial charge in [-0.15, -0.1) is 0 Å². The fraction of sp³-hybridized carbons (Fsp3) is 0.348. The maximum atomic E-state index is 6.12. The number of nitrogens with one attached hydrogen (secondary N) is 1. The summed E-state index contributed by atoms with van der Waals surface area (Å²) >= 11 is 6.12. The highest BCUT2D eigenvalue weighted by molar-refractivity contribution is 6.30. The lowest BCUT2D eigenvalue weighted by Crippen LogP contribution is -2.44. The van der Waals surface area contributed by atoms with Gasteiger partial charge in [-0.1, -0.05) is 37.2 Å². The van der Waals surface area contributed by atoms with Crippen LogP contribution < -0.4 is 10.2 Å². The van der Waals surface area contributed by atoms with Crippen molar-refractivity contribution in [1.29, 1.82) is 0 Å². The first-order valence-electron chi connectivity index (χ1n) is 10.2. The number of pyridine rings is 1. The second-order valence-electron chi connectivity index (χ2n) is 7.62. The molecule has 3 heterocycles. The first kappa shape index (κ1) is 19.8. The molecule has 29 heavy (non-hydrogen) atoms. The second-order valence-corrected chi connectivity index (χ2v) is 8.06. The van der Waals surface area contributed by atoms with Crippen molar-refractivity contribution in [2.45, 2.75) is 19.9 Å². The lowest BCUT2D eigenvalue weighted by molar-refractivity contribution is 0.313. The van der Waals surface area contributed by atoms with E-state index in [0.717, 1.165) is 61.9 Å². The Labute approximate surface area is 177 Å². The molecule has 1 aliphatic heterocycles. The largest absolute Gasteiger partial charge is 0.380 e. The van der Waals surface area contributed by atoms with Gasteiger partial charge in [0.25, 0.3) is 0 Å². The van der Waals surface area contributed by atoms with Crippen LogP contribution >= 0.6 is 11.6 Å². The summed E-state index contributed by atoms with van der Waals surface area (Å²) in [6.07, 6.45) is 2.80. The average Bonchev–Trinajstić information content (AvgIpc) is 3.10. The summed E-state index contributed by atoms with van der Waals surface area (Å²) in [7, 11) is 2.18. The predicted molar refractivity (Wildman–Crippen MR) is 122 cm³/mol. The number of aromatic nitrogens is 2. The molecule has 0 bridgehead atoms. The number of anilines is 1. The van der Waals surface area contributed by atoms with Crippen LogP contribution in [-0.2, 0) is 13.0 Å². The Bertz CT molecular complexity index is 1000. The van der Waals surface area contributed by atoms with E-state index in [1.807, 2.05) is 18.3 Å². The Morgan fingerprint density at radius 1 is 1.14 bits per heavy atom. The summed E-state index contributed by atoms with van der Waals surface area (Å²) < 4.78 is 2.05. The van der Waals surface area contributed by atoms with Crippen LogP contribution in [0.5, 0.6) is 0 Å². The maximum absolute atomic E-state index is 6.12. The number of hydrogen-bond acceptors (Lipinski definition) is 4. The Morgan fingerprint density at radius 2 is 1.86 bits per heavy atom. The minimum Gasteiger partial charge on any atom is -0.380 e. The average molecular weight is 410 g/mol. The fourth-order valence-electron chi connectivity index (χ4n) is 3.82. The molecule has 1 fully saturated rings. The van der Waals surface area contributed by atoms with Gasteiger partial charge in [-0.25, -0.2) is 4.98 Å². The zero-order valence-electron chi connectivity index (χ0n) is 17.2. The van der Waals surface area contributed by atoms with Gasteiger partial charge in [-0.05, 0) is 37.2 Å². The van der Waals surface area contributed by atoms with Gasteiger partial charge in [0, 0.05) is 55.7 Å². The smallest absolute Gasteiger partial charge is 0.139 e. The van der Waals surface area contributed by atoms with Crippen molar-refractivity contribution >= 4 is 28.6 Å². The third-order valence-corrected chi connectivity index (χ3v) is 5.83. The molecule has 2 aromatic heterocycles. The SMILES string of the molecule is C=C(NCc1ccc(N2CCN(C)CC2)cc1)c1c(CC)nc2cc(Cl)ccn12. The summed E-state index contributed by atoms with van der Waals surface area (Å²) in [5, 5.41) is 4.17. The van der Waals surface area contributed by atoms with E-state index in [4.69, 9.17) is 16.6 Å². The van der Waals surface area contributed by atoms with E-state index >= 15 is 0 Å². The van der Waals surface area contributed by atoms with E-state index in [1.165, 1.54) is 11.3 Å². The van der Waals surface area contributed by atoms with Gasteiger partial charge in [-0.2, -0.15) is 0 Å². The number of imidazole rings is 1. The zero-order chi connectivity index (χ0) is 20.4. The molecule has 0 radical (unpaired) electrons. The lowest BCUT2D eigenvalue weighted by atomic mass is 10.1. The molecular formula is C23H28ClN5. The van der Waals surface area contributed by atoms with Crippen molar-refractivity contribution in [3.05, 3.63) is 71.1 Å².